The van der Waals surface area contributed by atoms with E-state index in [1.165, 1.54) is 3.93 Å². The van der Waals surface area contributed by atoms with Crippen LogP contribution in [0.5, 0.6) is 0 Å². The van der Waals surface area contributed by atoms with Crippen LogP contribution in [0.1, 0.15) is 12.5 Å². The number of benzene rings is 1. The number of urea groups is 1. The number of nitrogens with zero attached hydrogens (tertiary/aromatic N) is 1. The van der Waals surface area contributed by atoms with Crippen LogP contribution in [0.25, 0.3) is 0 Å². The molecule has 0 aliphatic carbocycles. The number of nitrogens with one attached hydrogen (secondary N) is 1. The third kappa shape index (κ3) is 1.34. The molecule has 1 saturated heterocycles. The van der Waals surface area contributed by atoms with E-state index in [9.17, 15) is 9.59 Å². The molecule has 1 aromatic carbocycles. The molecule has 1 aromatic rings. The van der Waals surface area contributed by atoms with Crippen molar-refractivity contribution in [1.29, 1.82) is 0 Å². The molecule has 0 radical (unpaired) electrons. The summed E-state index contributed by atoms with van der Waals surface area (Å²) in [5, 5.41) is 2.26. The maximum Gasteiger partial charge on any atom is 0.335 e. The molecule has 3 amide bonds. The Morgan fingerprint density at radius 3 is 2.33 bits per heavy atom. The number of amides is 3. The van der Waals surface area contributed by atoms with Crippen molar-refractivity contribution in [3.05, 3.63) is 35.9 Å². The average molecular weight is 269 g/mol. The molecule has 1 heterocycles. The molecular weight excluding hydrogens is 260 g/mol. The van der Waals surface area contributed by atoms with Gasteiger partial charge in [-0.2, -0.15) is 0 Å². The molecule has 4 nitrogen and oxygen atoms in total. The van der Waals surface area contributed by atoms with Crippen LogP contribution in [0, 0.1) is 0 Å². The zero-order valence-electron chi connectivity index (χ0n) is 8.03. The number of carbonyl (C=O) groups excluding carboxylic acids is 2. The Morgan fingerprint density at radius 2 is 1.87 bits per heavy atom. The van der Waals surface area contributed by atoms with E-state index in [1.807, 2.05) is 30.3 Å². The van der Waals surface area contributed by atoms with Crippen LogP contribution in [0.15, 0.2) is 30.3 Å². The van der Waals surface area contributed by atoms with Gasteiger partial charge in [0.15, 0.2) is 5.54 Å². The van der Waals surface area contributed by atoms with E-state index in [2.05, 4.69) is 21.5 Å². The van der Waals surface area contributed by atoms with Crippen molar-refractivity contribution >= 4 is 28.1 Å². The predicted molar refractivity (Wildman–Crippen MR) is 58.1 cm³/mol. The largest absolute Gasteiger partial charge is 0.335 e. The molecule has 5 heteroatoms. The van der Waals surface area contributed by atoms with E-state index >= 15 is 0 Å². The Bertz CT molecular complexity index is 421. The fourth-order valence-electron chi connectivity index (χ4n) is 1.57. The molecule has 78 valence electrons. The minimum atomic E-state index is -0.974. The zero-order valence-corrected chi connectivity index (χ0v) is 9.61. The Kier molecular flexibility index (Phi) is 2.26. The molecule has 1 aliphatic rings. The van der Waals surface area contributed by atoms with Crippen LogP contribution in [0.4, 0.5) is 4.79 Å². The quantitative estimate of drug-likeness (QED) is 0.624. The van der Waals surface area contributed by atoms with Crippen LogP contribution >= 0.6 is 16.1 Å². The summed E-state index contributed by atoms with van der Waals surface area (Å²) < 4.78 is 1.23. The Balaban J connectivity index is 2.51. The summed E-state index contributed by atoms with van der Waals surface area (Å²) in [6.45, 7) is 1.69. The summed E-state index contributed by atoms with van der Waals surface area (Å²) in [5.74, 6) is -0.324. The monoisotopic (exact) mass is 268 g/mol. The third-order valence-corrected chi connectivity index (χ3v) is 3.60. The lowest BCUT2D eigenvalue weighted by Gasteiger charge is -2.26. The van der Waals surface area contributed by atoms with Crippen molar-refractivity contribution in [3.63, 3.8) is 0 Å². The molecule has 15 heavy (non-hydrogen) atoms. The van der Waals surface area contributed by atoms with Gasteiger partial charge in [-0.15, -0.1) is 0 Å². The maximum atomic E-state index is 11.7. The lowest BCUT2D eigenvalue weighted by Crippen LogP contribution is -2.38. The average Bonchev–Trinajstić information content (AvgIpc) is 2.45. The second-order valence-corrected chi connectivity index (χ2v) is 4.19. The summed E-state index contributed by atoms with van der Waals surface area (Å²) in [7, 11) is 0. The van der Waals surface area contributed by atoms with Crippen LogP contribution in [0.3, 0.4) is 0 Å². The van der Waals surface area contributed by atoms with Gasteiger partial charge in [0.05, 0.1) is 16.1 Å². The van der Waals surface area contributed by atoms with Crippen LogP contribution < -0.4 is 5.32 Å². The van der Waals surface area contributed by atoms with Gasteiger partial charge in [0.2, 0.25) is 0 Å². The zero-order chi connectivity index (χ0) is 11.1. The highest BCUT2D eigenvalue weighted by Gasteiger charge is 2.49. The highest BCUT2D eigenvalue weighted by atomic mass is 79.9. The van der Waals surface area contributed by atoms with Crippen LogP contribution in [0.2, 0.25) is 0 Å². The van der Waals surface area contributed by atoms with E-state index in [1.54, 1.807) is 6.92 Å². The molecular formula is C10H9BrN2O2. The second-order valence-electron chi connectivity index (χ2n) is 3.48. The van der Waals surface area contributed by atoms with E-state index < -0.39 is 11.6 Å². The number of imide groups is 1. The van der Waals surface area contributed by atoms with Crippen molar-refractivity contribution in [2.75, 3.05) is 0 Å². The summed E-state index contributed by atoms with van der Waals surface area (Å²) in [6.07, 6.45) is 0. The number of rotatable bonds is 1. The molecule has 1 atom stereocenters. The summed E-state index contributed by atoms with van der Waals surface area (Å²) in [5.41, 5.74) is -0.205. The SMILES string of the molecule is C[C@]1(c2ccccc2)C(=O)NC(=O)N1Br. The molecule has 0 saturated carbocycles. The molecule has 1 aliphatic heterocycles. The highest BCUT2D eigenvalue weighted by Crippen LogP contribution is 2.34. The molecule has 0 aromatic heterocycles. The van der Waals surface area contributed by atoms with Crippen LogP contribution in [-0.4, -0.2) is 15.9 Å². The predicted octanol–water partition coefficient (Wildman–Crippen LogP) is 1.76. The fraction of sp³-hybridized carbons (Fsp3) is 0.200. The van der Waals surface area contributed by atoms with E-state index in [0.29, 0.717) is 0 Å². The Morgan fingerprint density at radius 1 is 1.27 bits per heavy atom. The van der Waals surface area contributed by atoms with E-state index in [0.717, 1.165) is 5.56 Å². The van der Waals surface area contributed by atoms with Gasteiger partial charge < -0.3 is 0 Å². The number of carbonyl (C=O) groups is 2. The summed E-state index contributed by atoms with van der Waals surface area (Å²) >= 11 is 3.10. The first kappa shape index (κ1) is 10.2. The number of halogens is 1. The van der Waals surface area contributed by atoms with Gasteiger partial charge in [-0.25, -0.2) is 8.72 Å². The van der Waals surface area contributed by atoms with Crippen molar-refractivity contribution in [3.8, 4) is 0 Å². The van der Waals surface area contributed by atoms with Gasteiger partial charge in [0.1, 0.15) is 0 Å². The molecule has 2 rings (SSSR count). The normalized spacial score (nSPS) is 25.6. The van der Waals surface area contributed by atoms with Crippen molar-refractivity contribution in [2.24, 2.45) is 0 Å². The minimum Gasteiger partial charge on any atom is -0.275 e. The molecule has 0 spiro atoms. The van der Waals surface area contributed by atoms with E-state index in [-0.39, 0.29) is 5.91 Å². The first-order valence-electron chi connectivity index (χ1n) is 4.44. The van der Waals surface area contributed by atoms with Crippen molar-refractivity contribution in [1.82, 2.24) is 9.24 Å². The summed E-state index contributed by atoms with van der Waals surface area (Å²) in [6, 6.07) is 8.71. The van der Waals surface area contributed by atoms with Crippen LogP contribution in [-0.2, 0) is 10.3 Å². The highest BCUT2D eigenvalue weighted by molar-refractivity contribution is 9.07. The lowest BCUT2D eigenvalue weighted by molar-refractivity contribution is -0.124. The fourth-order valence-corrected chi connectivity index (χ4v) is 2.02. The van der Waals surface area contributed by atoms with E-state index in [4.69, 9.17) is 0 Å². The first-order valence-corrected chi connectivity index (χ1v) is 5.14. The van der Waals surface area contributed by atoms with Gasteiger partial charge in [-0.1, -0.05) is 30.3 Å². The number of hydrogen-bond donors (Lipinski definition) is 1. The third-order valence-electron chi connectivity index (χ3n) is 2.57. The summed E-state index contributed by atoms with van der Waals surface area (Å²) in [4.78, 5) is 23.0. The first-order chi connectivity index (χ1) is 7.06. The molecule has 1 N–H and O–H groups in total. The molecule has 1 fully saturated rings. The van der Waals surface area contributed by atoms with Gasteiger partial charge in [-0.3, -0.25) is 10.1 Å². The Hall–Kier alpha value is -1.36. The van der Waals surface area contributed by atoms with Gasteiger partial charge in [0.25, 0.3) is 5.91 Å². The smallest absolute Gasteiger partial charge is 0.275 e. The van der Waals surface area contributed by atoms with Crippen molar-refractivity contribution < 1.29 is 9.59 Å². The molecule has 0 bridgehead atoms. The standard InChI is InChI=1S/C10H9BrN2O2/c1-10(7-5-3-2-4-6-7)8(14)12-9(15)13(10)11/h2-6H,1H3,(H,12,14,15)/t10-/m0/s1. The van der Waals surface area contributed by atoms with Gasteiger partial charge >= 0.3 is 6.03 Å². The van der Waals surface area contributed by atoms with Gasteiger partial charge in [-0.05, 0) is 12.5 Å². The minimum absolute atomic E-state index is 0.324. The maximum absolute atomic E-state index is 11.7. The van der Waals surface area contributed by atoms with Crippen molar-refractivity contribution in [2.45, 2.75) is 12.5 Å². The lowest BCUT2D eigenvalue weighted by atomic mass is 9.92. The molecule has 0 unspecified atom stereocenters. The second kappa shape index (κ2) is 3.34. The number of hydrogen-bond acceptors (Lipinski definition) is 2. The topological polar surface area (TPSA) is 49.4 Å². The van der Waals surface area contributed by atoms with Gasteiger partial charge in [0, 0.05) is 0 Å². The Labute approximate surface area is 95.6 Å².